The van der Waals surface area contributed by atoms with Gasteiger partial charge in [-0.3, -0.25) is 0 Å². The van der Waals surface area contributed by atoms with Gasteiger partial charge in [0.25, 0.3) is 0 Å². The van der Waals surface area contributed by atoms with Gasteiger partial charge in [-0.1, -0.05) is 41.0 Å². The van der Waals surface area contributed by atoms with Crippen LogP contribution in [0.3, 0.4) is 0 Å². The number of thioether (sulfide) groups is 1. The number of tetrazole rings is 1. The predicted molar refractivity (Wildman–Crippen MR) is 81.1 cm³/mol. The first-order chi connectivity index (χ1) is 9.66. The monoisotopic (exact) mass is 332 g/mol. The van der Waals surface area contributed by atoms with Crippen LogP contribution in [0.1, 0.15) is 12.0 Å². The number of nitrogens with zero attached hydrogens (tertiary/aromatic N) is 4. The summed E-state index contributed by atoms with van der Waals surface area (Å²) in [5.74, 6) is 1.01. The summed E-state index contributed by atoms with van der Waals surface area (Å²) in [4.78, 5) is 0. The Morgan fingerprint density at radius 3 is 2.85 bits per heavy atom. The minimum Gasteiger partial charge on any atom is -0.342 e. The molecule has 0 unspecified atom stereocenters. The molecule has 1 aromatic heterocycles. The van der Waals surface area contributed by atoms with Gasteiger partial charge in [-0.05, 0) is 22.6 Å². The molecular weight excluding hydrogens is 317 g/mol. The molecular formula is C12H16Cl2N5S+. The minimum atomic E-state index is 0.601. The summed E-state index contributed by atoms with van der Waals surface area (Å²) in [5, 5.41) is 15.6. The van der Waals surface area contributed by atoms with Crippen LogP contribution >= 0.6 is 35.0 Å². The van der Waals surface area contributed by atoms with Crippen LogP contribution in [0, 0.1) is 0 Å². The van der Waals surface area contributed by atoms with Crippen LogP contribution in [0.2, 0.25) is 10.0 Å². The Hall–Kier alpha value is -0.820. The van der Waals surface area contributed by atoms with E-state index in [9.17, 15) is 0 Å². The molecule has 2 N–H and O–H groups in total. The van der Waals surface area contributed by atoms with Crippen molar-refractivity contribution in [3.63, 3.8) is 0 Å². The summed E-state index contributed by atoms with van der Waals surface area (Å²) in [7, 11) is 1.85. The van der Waals surface area contributed by atoms with E-state index in [-0.39, 0.29) is 0 Å². The molecule has 0 aliphatic rings. The van der Waals surface area contributed by atoms with Gasteiger partial charge in [0.15, 0.2) is 0 Å². The Labute approximate surface area is 132 Å². The first-order valence-corrected chi connectivity index (χ1v) is 8.01. The first kappa shape index (κ1) is 15.6. The average molecular weight is 333 g/mol. The SMILES string of the molecule is Cn1nnnc1SCCC[NH2+]Cc1ccc(Cl)c(Cl)c1. The highest BCUT2D eigenvalue weighted by molar-refractivity contribution is 7.99. The van der Waals surface area contributed by atoms with Crippen molar-refractivity contribution < 1.29 is 5.32 Å². The molecule has 0 saturated carbocycles. The highest BCUT2D eigenvalue weighted by Crippen LogP contribution is 2.22. The summed E-state index contributed by atoms with van der Waals surface area (Å²) in [5.41, 5.74) is 1.18. The third-order valence-corrected chi connectivity index (χ3v) is 4.56. The molecule has 0 aliphatic heterocycles. The molecule has 20 heavy (non-hydrogen) atoms. The number of rotatable bonds is 7. The Balaban J connectivity index is 1.62. The fourth-order valence-electron chi connectivity index (χ4n) is 1.67. The number of aryl methyl sites for hydroxylation is 1. The number of nitrogens with two attached hydrogens (primary N) is 1. The Morgan fingerprint density at radius 2 is 2.15 bits per heavy atom. The highest BCUT2D eigenvalue weighted by atomic mass is 35.5. The Bertz CT molecular complexity index is 561. The zero-order chi connectivity index (χ0) is 14.4. The Kier molecular flexibility index (Phi) is 6.09. The van der Waals surface area contributed by atoms with E-state index >= 15 is 0 Å². The molecule has 2 aromatic rings. The molecule has 0 saturated heterocycles. The van der Waals surface area contributed by atoms with Crippen molar-refractivity contribution in [3.05, 3.63) is 33.8 Å². The smallest absolute Gasteiger partial charge is 0.209 e. The Morgan fingerprint density at radius 1 is 1.30 bits per heavy atom. The summed E-state index contributed by atoms with van der Waals surface area (Å²) in [6, 6.07) is 5.76. The number of benzene rings is 1. The van der Waals surface area contributed by atoms with Crippen LogP contribution in [-0.4, -0.2) is 32.5 Å². The number of quaternary nitrogens is 1. The van der Waals surface area contributed by atoms with E-state index in [0.717, 1.165) is 30.4 Å². The van der Waals surface area contributed by atoms with Gasteiger partial charge in [0, 0.05) is 24.8 Å². The predicted octanol–water partition coefficient (Wildman–Crippen LogP) is 1.76. The fourth-order valence-corrected chi connectivity index (χ4v) is 2.80. The van der Waals surface area contributed by atoms with Crippen molar-refractivity contribution in [2.45, 2.75) is 18.1 Å². The van der Waals surface area contributed by atoms with E-state index in [1.807, 2.05) is 25.2 Å². The summed E-state index contributed by atoms with van der Waals surface area (Å²) >= 11 is 13.5. The van der Waals surface area contributed by atoms with E-state index < -0.39 is 0 Å². The molecule has 1 aromatic carbocycles. The van der Waals surface area contributed by atoms with Crippen molar-refractivity contribution in [2.24, 2.45) is 7.05 Å². The number of halogens is 2. The maximum absolute atomic E-state index is 5.98. The molecule has 0 aliphatic carbocycles. The van der Waals surface area contributed by atoms with Crippen molar-refractivity contribution >= 4 is 35.0 Å². The maximum atomic E-state index is 5.98. The van der Waals surface area contributed by atoms with Gasteiger partial charge in [-0.25, -0.2) is 4.68 Å². The van der Waals surface area contributed by atoms with Crippen LogP contribution in [0.4, 0.5) is 0 Å². The van der Waals surface area contributed by atoms with Crippen LogP contribution in [0.25, 0.3) is 0 Å². The summed E-state index contributed by atoms with van der Waals surface area (Å²) in [6.45, 7) is 1.96. The van der Waals surface area contributed by atoms with Gasteiger partial charge in [0.1, 0.15) is 6.54 Å². The van der Waals surface area contributed by atoms with E-state index in [1.165, 1.54) is 5.56 Å². The molecule has 0 spiro atoms. The quantitative estimate of drug-likeness (QED) is 0.620. The molecule has 0 atom stereocenters. The van der Waals surface area contributed by atoms with E-state index in [1.54, 1.807) is 16.4 Å². The lowest BCUT2D eigenvalue weighted by atomic mass is 10.2. The number of hydrogen-bond acceptors (Lipinski definition) is 4. The van der Waals surface area contributed by atoms with Crippen LogP contribution in [0.15, 0.2) is 23.4 Å². The number of hydrogen-bond donors (Lipinski definition) is 1. The van der Waals surface area contributed by atoms with Gasteiger partial charge in [-0.2, -0.15) is 0 Å². The molecule has 0 bridgehead atoms. The van der Waals surface area contributed by atoms with Crippen molar-refractivity contribution in [1.82, 2.24) is 20.2 Å². The summed E-state index contributed by atoms with van der Waals surface area (Å²) in [6.07, 6.45) is 1.10. The number of aromatic nitrogens is 4. The van der Waals surface area contributed by atoms with E-state index in [0.29, 0.717) is 10.0 Å². The molecule has 8 heteroatoms. The van der Waals surface area contributed by atoms with Gasteiger partial charge in [0.05, 0.1) is 16.6 Å². The third-order valence-electron chi connectivity index (χ3n) is 2.73. The summed E-state index contributed by atoms with van der Waals surface area (Å²) < 4.78 is 1.68. The van der Waals surface area contributed by atoms with Crippen molar-refractivity contribution in [3.8, 4) is 0 Å². The fraction of sp³-hybridized carbons (Fsp3) is 0.417. The maximum Gasteiger partial charge on any atom is 0.209 e. The van der Waals surface area contributed by atoms with Gasteiger partial charge in [-0.15, -0.1) is 5.10 Å². The lowest BCUT2D eigenvalue weighted by molar-refractivity contribution is -0.670. The zero-order valence-electron chi connectivity index (χ0n) is 11.1. The molecule has 108 valence electrons. The molecule has 0 amide bonds. The highest BCUT2D eigenvalue weighted by Gasteiger charge is 2.03. The second-order valence-corrected chi connectivity index (χ2v) is 6.19. The largest absolute Gasteiger partial charge is 0.342 e. The normalized spacial score (nSPS) is 10.9. The van der Waals surface area contributed by atoms with Crippen LogP contribution in [-0.2, 0) is 13.6 Å². The second-order valence-electron chi connectivity index (χ2n) is 4.32. The van der Waals surface area contributed by atoms with Crippen molar-refractivity contribution in [1.29, 1.82) is 0 Å². The van der Waals surface area contributed by atoms with Gasteiger partial charge >= 0.3 is 0 Å². The van der Waals surface area contributed by atoms with Crippen LogP contribution < -0.4 is 5.32 Å². The van der Waals surface area contributed by atoms with Crippen molar-refractivity contribution in [2.75, 3.05) is 12.3 Å². The third kappa shape index (κ3) is 4.63. The molecule has 0 fully saturated rings. The van der Waals surface area contributed by atoms with Crippen LogP contribution in [0.5, 0.6) is 0 Å². The average Bonchev–Trinajstić information content (AvgIpc) is 2.83. The standard InChI is InChI=1S/C12H15Cl2N5S/c1-19-12(16-17-18-19)20-6-2-5-15-8-9-3-4-10(13)11(14)7-9/h3-4,7,15H,2,5-6,8H2,1H3/p+1. The zero-order valence-corrected chi connectivity index (χ0v) is 13.4. The lowest BCUT2D eigenvalue weighted by Crippen LogP contribution is -2.82. The van der Waals surface area contributed by atoms with Gasteiger partial charge in [0.2, 0.25) is 5.16 Å². The lowest BCUT2D eigenvalue weighted by Gasteiger charge is -2.03. The van der Waals surface area contributed by atoms with E-state index in [4.69, 9.17) is 23.2 Å². The van der Waals surface area contributed by atoms with Gasteiger partial charge < -0.3 is 5.32 Å². The molecule has 5 nitrogen and oxygen atoms in total. The minimum absolute atomic E-state index is 0.601. The second kappa shape index (κ2) is 7.83. The first-order valence-electron chi connectivity index (χ1n) is 6.27. The topological polar surface area (TPSA) is 60.2 Å². The van der Waals surface area contributed by atoms with E-state index in [2.05, 4.69) is 20.8 Å². The molecule has 0 radical (unpaired) electrons. The molecule has 2 rings (SSSR count). The molecule has 1 heterocycles.